The molecular weight excluding hydrogens is 572 g/mol. The van der Waals surface area contributed by atoms with Gasteiger partial charge in [-0.25, -0.2) is 0 Å². The van der Waals surface area contributed by atoms with Crippen molar-refractivity contribution in [1.82, 2.24) is 10.6 Å². The first-order valence-corrected chi connectivity index (χ1v) is 16.5. The van der Waals surface area contributed by atoms with Crippen LogP contribution in [0.15, 0.2) is 110 Å². The molecule has 2 bridgehead atoms. The van der Waals surface area contributed by atoms with Crippen LogP contribution in [0.2, 0.25) is 0 Å². The number of hydrogen-bond donors (Lipinski definition) is 3. The number of carbonyl (C=O) groups is 2. The van der Waals surface area contributed by atoms with Crippen LogP contribution in [-0.2, 0) is 16.1 Å². The molecule has 238 valence electrons. The lowest BCUT2D eigenvalue weighted by Gasteiger charge is -2.57. The summed E-state index contributed by atoms with van der Waals surface area (Å²) in [5.41, 5.74) is 3.86. The third kappa shape index (κ3) is 6.48. The van der Waals surface area contributed by atoms with Gasteiger partial charge in [0.05, 0.1) is 30.6 Å². The fraction of sp³-hybridized carbons (Fsp3) is 0.359. The van der Waals surface area contributed by atoms with Gasteiger partial charge in [0, 0.05) is 36.5 Å². The molecule has 0 saturated carbocycles. The van der Waals surface area contributed by atoms with Gasteiger partial charge >= 0.3 is 0 Å². The number of para-hydroxylation sites is 1. The highest BCUT2D eigenvalue weighted by atomic mass is 16.3. The number of benzene rings is 3. The Morgan fingerprint density at radius 3 is 2.17 bits per heavy atom. The van der Waals surface area contributed by atoms with Crippen LogP contribution in [0, 0.1) is 11.8 Å². The summed E-state index contributed by atoms with van der Waals surface area (Å²) >= 11 is 0. The number of amides is 2. The van der Waals surface area contributed by atoms with E-state index in [-0.39, 0.29) is 36.5 Å². The predicted molar refractivity (Wildman–Crippen MR) is 180 cm³/mol. The summed E-state index contributed by atoms with van der Waals surface area (Å²) in [6.07, 6.45) is 5.05. The van der Waals surface area contributed by atoms with Gasteiger partial charge in [-0.1, -0.05) is 78.9 Å². The number of aliphatic hydroxyl groups excluding tert-OH is 1. The molecule has 46 heavy (non-hydrogen) atoms. The Balaban J connectivity index is 1.24. The zero-order chi connectivity index (χ0) is 32.3. The van der Waals surface area contributed by atoms with E-state index in [9.17, 15) is 14.7 Å². The highest BCUT2D eigenvalue weighted by Gasteiger charge is 2.55. The van der Waals surface area contributed by atoms with E-state index in [0.717, 1.165) is 53.5 Å². The van der Waals surface area contributed by atoms with Crippen LogP contribution in [0.4, 0.5) is 0 Å². The second-order valence-corrected chi connectivity index (χ2v) is 13.3. The molecule has 4 heterocycles. The van der Waals surface area contributed by atoms with E-state index in [2.05, 4.69) is 23.3 Å². The summed E-state index contributed by atoms with van der Waals surface area (Å²) in [4.78, 5) is 26.8. The number of pyridine rings is 1. The van der Waals surface area contributed by atoms with E-state index in [0.29, 0.717) is 22.9 Å². The number of rotatable bonds is 11. The minimum absolute atomic E-state index is 0.00298. The van der Waals surface area contributed by atoms with Crippen LogP contribution in [0.3, 0.4) is 0 Å². The van der Waals surface area contributed by atoms with E-state index >= 15 is 0 Å². The molecular formula is C39H46N4O3+2. The standard InChI is InChI=1S/C39H44N4O3/c1-4-29-25-43(26-38(45)41-28(3)31-15-9-6-10-16-31)22-20-32(29)23-36(43)39(46)34-19-21-42(35-18-12-11-17-33(34)35)24-37(44)40-27(2)30-13-7-5-8-14-30/h4-19,21,27-29,32,36,39,46H,1,20,22-26H2,2-3H3/p+2/t27-,28-,29+,32+,36-,39+,43+/m1/s1. The third-order valence-corrected chi connectivity index (χ3v) is 10.4. The molecule has 7 atom stereocenters. The first-order valence-electron chi connectivity index (χ1n) is 16.5. The van der Waals surface area contributed by atoms with Crippen LogP contribution in [0.5, 0.6) is 0 Å². The molecule has 7 rings (SSSR count). The average Bonchev–Trinajstić information content (AvgIpc) is 3.08. The normalized spacial score (nSPS) is 24.1. The second kappa shape index (κ2) is 13.6. The van der Waals surface area contributed by atoms with E-state index in [1.807, 2.05) is 116 Å². The number of aromatic nitrogens is 1. The number of quaternary nitrogens is 1. The lowest BCUT2D eigenvalue weighted by molar-refractivity contribution is -0.966. The molecule has 3 fully saturated rings. The molecule has 3 aromatic carbocycles. The minimum Gasteiger partial charge on any atom is -0.382 e. The smallest absolute Gasteiger partial charge is 0.286 e. The van der Waals surface area contributed by atoms with Gasteiger partial charge in [-0.3, -0.25) is 9.59 Å². The molecule has 0 radical (unpaired) electrons. The lowest BCUT2D eigenvalue weighted by Crippen LogP contribution is -2.70. The summed E-state index contributed by atoms with van der Waals surface area (Å²) in [6, 6.07) is 29.6. The van der Waals surface area contributed by atoms with E-state index in [1.165, 1.54) is 0 Å². The van der Waals surface area contributed by atoms with Crippen molar-refractivity contribution in [3.05, 3.63) is 127 Å². The van der Waals surface area contributed by atoms with Crippen molar-refractivity contribution in [2.24, 2.45) is 11.8 Å². The lowest BCUT2D eigenvalue weighted by atomic mass is 9.71. The predicted octanol–water partition coefficient (Wildman–Crippen LogP) is 5.33. The summed E-state index contributed by atoms with van der Waals surface area (Å²) in [5, 5.41) is 19.5. The average molecular weight is 619 g/mol. The SMILES string of the molecule is C=C[C@H]1C[N@+]2(CC(=O)N[C@H](C)c3ccccc3)CC[C@H]1C[C@@H]2[C@@H](O)c1cc[n+](CC(=O)N[C@H](C)c2ccccc2)c2ccccc12. The number of piperidine rings is 3. The molecule has 4 aromatic rings. The largest absolute Gasteiger partial charge is 0.382 e. The van der Waals surface area contributed by atoms with Gasteiger partial charge in [0.1, 0.15) is 12.1 Å². The number of fused-ring (bicyclic) bond motifs is 4. The van der Waals surface area contributed by atoms with Crippen molar-refractivity contribution in [1.29, 1.82) is 0 Å². The number of nitrogens with one attached hydrogen (secondary N) is 2. The van der Waals surface area contributed by atoms with E-state index in [1.54, 1.807) is 0 Å². The Kier molecular flexibility index (Phi) is 9.34. The van der Waals surface area contributed by atoms with Gasteiger partial charge in [0.15, 0.2) is 12.7 Å². The first-order chi connectivity index (χ1) is 22.3. The molecule has 3 N–H and O–H groups in total. The van der Waals surface area contributed by atoms with E-state index in [4.69, 9.17) is 0 Å². The minimum atomic E-state index is -0.764. The van der Waals surface area contributed by atoms with Gasteiger partial charge in [-0.05, 0) is 37.0 Å². The Morgan fingerprint density at radius 2 is 1.52 bits per heavy atom. The maximum absolute atomic E-state index is 13.6. The van der Waals surface area contributed by atoms with E-state index < -0.39 is 6.10 Å². The molecule has 0 unspecified atom stereocenters. The van der Waals surface area contributed by atoms with Gasteiger partial charge in [-0.15, -0.1) is 6.58 Å². The first kappa shape index (κ1) is 31.6. The molecule has 7 heteroatoms. The van der Waals surface area contributed by atoms with Crippen molar-refractivity contribution in [2.75, 3.05) is 19.6 Å². The van der Waals surface area contributed by atoms with Crippen molar-refractivity contribution in [3.63, 3.8) is 0 Å². The van der Waals surface area contributed by atoms with Crippen molar-refractivity contribution >= 4 is 22.7 Å². The van der Waals surface area contributed by atoms with Gasteiger partial charge in [-0.2, -0.15) is 4.57 Å². The number of carbonyl (C=O) groups excluding carboxylic acids is 2. The molecule has 7 nitrogen and oxygen atoms in total. The summed E-state index contributed by atoms with van der Waals surface area (Å²) < 4.78 is 2.49. The second-order valence-electron chi connectivity index (χ2n) is 13.3. The fourth-order valence-electron chi connectivity index (χ4n) is 7.96. The van der Waals surface area contributed by atoms with Gasteiger partial charge in [0.25, 0.3) is 11.8 Å². The highest BCUT2D eigenvalue weighted by molar-refractivity contribution is 5.81. The Hall–Kier alpha value is -4.33. The fourth-order valence-corrected chi connectivity index (χ4v) is 7.96. The van der Waals surface area contributed by atoms with Crippen LogP contribution < -0.4 is 15.2 Å². The topological polar surface area (TPSA) is 82.3 Å². The highest BCUT2D eigenvalue weighted by Crippen LogP contribution is 2.47. The zero-order valence-corrected chi connectivity index (χ0v) is 26.9. The van der Waals surface area contributed by atoms with Crippen LogP contribution in [0.25, 0.3) is 10.9 Å². The number of hydrogen-bond acceptors (Lipinski definition) is 3. The maximum atomic E-state index is 13.6. The van der Waals surface area contributed by atoms with Crippen LogP contribution in [-0.4, -0.2) is 47.1 Å². The zero-order valence-electron chi connectivity index (χ0n) is 26.9. The summed E-state index contributed by atoms with van der Waals surface area (Å²) in [7, 11) is 0. The monoisotopic (exact) mass is 618 g/mol. The molecule has 3 saturated heterocycles. The number of aliphatic hydroxyl groups is 1. The van der Waals surface area contributed by atoms with Gasteiger partial charge < -0.3 is 20.2 Å². The van der Waals surface area contributed by atoms with Crippen LogP contribution >= 0.6 is 0 Å². The molecule has 3 aliphatic rings. The molecule has 0 spiro atoms. The number of nitrogens with zero attached hydrogens (tertiary/aromatic N) is 2. The van der Waals surface area contributed by atoms with Crippen molar-refractivity contribution in [3.8, 4) is 0 Å². The summed E-state index contributed by atoms with van der Waals surface area (Å²) in [5.74, 6) is 0.691. The quantitative estimate of drug-likeness (QED) is 0.121. The Morgan fingerprint density at radius 1 is 0.913 bits per heavy atom. The van der Waals surface area contributed by atoms with Crippen molar-refractivity contribution < 1.29 is 23.7 Å². The molecule has 2 amide bonds. The van der Waals surface area contributed by atoms with Crippen LogP contribution in [0.1, 0.15) is 61.6 Å². The summed E-state index contributed by atoms with van der Waals surface area (Å²) in [6.45, 7) is 10.3. The maximum Gasteiger partial charge on any atom is 0.286 e. The Labute approximate surface area is 272 Å². The molecule has 0 aliphatic carbocycles. The van der Waals surface area contributed by atoms with Gasteiger partial charge in [0.2, 0.25) is 12.1 Å². The third-order valence-electron chi connectivity index (χ3n) is 10.4. The van der Waals surface area contributed by atoms with Crippen molar-refractivity contribution in [2.45, 2.75) is 57.5 Å². The molecule has 3 aliphatic heterocycles. The Bertz CT molecular complexity index is 1690. The molecule has 1 aromatic heterocycles.